The highest BCUT2D eigenvalue weighted by atomic mass is 79.9. The highest BCUT2D eigenvalue weighted by molar-refractivity contribution is 9.10. The molecular weight excluding hydrogens is 374 g/mol. The Bertz CT molecular complexity index is 673. The van der Waals surface area contributed by atoms with E-state index < -0.39 is 17.1 Å². The predicted molar refractivity (Wildman–Crippen MR) is 85.4 cm³/mol. The zero-order valence-corrected chi connectivity index (χ0v) is 14.2. The maximum atomic E-state index is 12.2. The molecule has 2 amide bonds. The van der Waals surface area contributed by atoms with Crippen molar-refractivity contribution in [3.63, 3.8) is 0 Å². The summed E-state index contributed by atoms with van der Waals surface area (Å²) in [4.78, 5) is 36.3. The molecule has 0 atom stereocenters. The monoisotopic (exact) mass is 385 g/mol. The van der Waals surface area contributed by atoms with Crippen molar-refractivity contribution in [2.45, 2.75) is 0 Å². The van der Waals surface area contributed by atoms with Crippen LogP contribution in [0.4, 0.5) is 4.79 Å². The fourth-order valence-electron chi connectivity index (χ4n) is 1.75. The summed E-state index contributed by atoms with van der Waals surface area (Å²) in [7, 11) is 2.75. The Morgan fingerprint density at radius 2 is 2.09 bits per heavy atom. The smallest absolute Gasteiger partial charge is 0.325 e. The summed E-state index contributed by atoms with van der Waals surface area (Å²) in [6.45, 7) is -0.384. The summed E-state index contributed by atoms with van der Waals surface area (Å²) in [5.74, 6) is -0.487. The fourth-order valence-corrected chi connectivity index (χ4v) is 3.15. The molecule has 22 heavy (non-hydrogen) atoms. The van der Waals surface area contributed by atoms with Gasteiger partial charge in [0, 0.05) is 0 Å². The largest absolute Gasteiger partial charge is 0.496 e. The van der Waals surface area contributed by atoms with E-state index in [0.29, 0.717) is 5.75 Å². The average Bonchev–Trinajstić information content (AvgIpc) is 2.75. The number of carbonyl (C=O) groups is 3. The molecule has 0 radical (unpaired) electrons. The Morgan fingerprint density at radius 3 is 2.68 bits per heavy atom. The number of thioether (sulfide) groups is 1. The third-order valence-electron chi connectivity index (χ3n) is 2.86. The quantitative estimate of drug-likeness (QED) is 0.585. The number of hydrogen-bond acceptors (Lipinski definition) is 6. The molecule has 0 aromatic heterocycles. The van der Waals surface area contributed by atoms with E-state index >= 15 is 0 Å². The second-order valence-electron chi connectivity index (χ2n) is 4.24. The van der Waals surface area contributed by atoms with Crippen LogP contribution < -0.4 is 4.74 Å². The first-order chi connectivity index (χ1) is 10.5. The van der Waals surface area contributed by atoms with Crippen LogP contribution in [0.5, 0.6) is 5.75 Å². The van der Waals surface area contributed by atoms with Gasteiger partial charge in [-0.05, 0) is 51.5 Å². The minimum atomic E-state index is -0.643. The highest BCUT2D eigenvalue weighted by Crippen LogP contribution is 2.33. The van der Waals surface area contributed by atoms with Crippen LogP contribution in [0, 0.1) is 0 Å². The molecule has 0 bridgehead atoms. The summed E-state index contributed by atoms with van der Waals surface area (Å²) in [6, 6.07) is 5.28. The fraction of sp³-hybridized carbons (Fsp3) is 0.214. The molecule has 0 saturated carbocycles. The molecule has 0 unspecified atom stereocenters. The number of amides is 2. The molecule has 1 aromatic carbocycles. The Kier molecular flexibility index (Phi) is 5.25. The van der Waals surface area contributed by atoms with E-state index in [1.165, 1.54) is 7.11 Å². The normalized spacial score (nSPS) is 16.3. The lowest BCUT2D eigenvalue weighted by molar-refractivity contribution is -0.143. The van der Waals surface area contributed by atoms with Crippen molar-refractivity contribution in [3.8, 4) is 5.75 Å². The van der Waals surface area contributed by atoms with Crippen LogP contribution in [-0.4, -0.2) is 42.8 Å². The molecule has 1 aromatic rings. The van der Waals surface area contributed by atoms with E-state index in [9.17, 15) is 14.4 Å². The van der Waals surface area contributed by atoms with Crippen molar-refractivity contribution in [2.75, 3.05) is 20.8 Å². The molecule has 116 valence electrons. The third-order valence-corrected chi connectivity index (χ3v) is 4.39. The van der Waals surface area contributed by atoms with Gasteiger partial charge in [-0.25, -0.2) is 0 Å². The molecule has 6 nitrogen and oxygen atoms in total. The summed E-state index contributed by atoms with van der Waals surface area (Å²) >= 11 is 4.14. The van der Waals surface area contributed by atoms with E-state index in [1.807, 2.05) is 0 Å². The number of ether oxygens (including phenoxy) is 2. The van der Waals surface area contributed by atoms with E-state index in [-0.39, 0.29) is 11.4 Å². The Hall–Kier alpha value is -1.80. The van der Waals surface area contributed by atoms with Gasteiger partial charge in [0.25, 0.3) is 11.1 Å². The van der Waals surface area contributed by atoms with Crippen molar-refractivity contribution in [2.24, 2.45) is 0 Å². The van der Waals surface area contributed by atoms with E-state index in [4.69, 9.17) is 4.74 Å². The van der Waals surface area contributed by atoms with E-state index in [2.05, 4.69) is 20.7 Å². The number of halogens is 1. The van der Waals surface area contributed by atoms with Crippen LogP contribution >= 0.6 is 27.7 Å². The molecule has 1 aliphatic heterocycles. The molecule has 1 saturated heterocycles. The van der Waals surface area contributed by atoms with Crippen LogP contribution in [0.1, 0.15) is 5.56 Å². The van der Waals surface area contributed by atoms with Crippen LogP contribution in [0.25, 0.3) is 6.08 Å². The Morgan fingerprint density at radius 1 is 1.36 bits per heavy atom. The molecule has 0 spiro atoms. The SMILES string of the molecule is COC(=O)CN1C(=O)S/C(=C\c2ccc(OC)c(Br)c2)C1=O. The van der Waals surface area contributed by atoms with E-state index in [0.717, 1.165) is 26.7 Å². The number of benzene rings is 1. The first kappa shape index (κ1) is 16.6. The van der Waals surface area contributed by atoms with Gasteiger partial charge >= 0.3 is 5.97 Å². The first-order valence-electron chi connectivity index (χ1n) is 6.12. The van der Waals surface area contributed by atoms with Gasteiger partial charge in [0.15, 0.2) is 0 Å². The van der Waals surface area contributed by atoms with Gasteiger partial charge < -0.3 is 9.47 Å². The summed E-state index contributed by atoms with van der Waals surface area (Å²) in [6.07, 6.45) is 1.59. The predicted octanol–water partition coefficient (Wildman–Crippen LogP) is 2.67. The Balaban J connectivity index is 2.22. The van der Waals surface area contributed by atoms with Crippen molar-refractivity contribution >= 4 is 50.9 Å². The molecule has 1 heterocycles. The lowest BCUT2D eigenvalue weighted by Gasteiger charge is -2.09. The molecule has 0 N–H and O–H groups in total. The highest BCUT2D eigenvalue weighted by Gasteiger charge is 2.36. The Labute approximate surface area is 139 Å². The van der Waals surface area contributed by atoms with E-state index in [1.54, 1.807) is 31.4 Å². The second kappa shape index (κ2) is 6.97. The van der Waals surface area contributed by atoms with Gasteiger partial charge in [0.05, 0.1) is 23.6 Å². The zero-order chi connectivity index (χ0) is 16.3. The number of rotatable bonds is 4. The van der Waals surface area contributed by atoms with Gasteiger partial charge in [-0.15, -0.1) is 0 Å². The third kappa shape index (κ3) is 3.50. The summed E-state index contributed by atoms with van der Waals surface area (Å²) in [5.41, 5.74) is 0.733. The van der Waals surface area contributed by atoms with Crippen molar-refractivity contribution in [1.82, 2.24) is 4.90 Å². The van der Waals surface area contributed by atoms with Crippen molar-refractivity contribution in [3.05, 3.63) is 33.1 Å². The van der Waals surface area contributed by atoms with Gasteiger partial charge in [-0.1, -0.05) is 6.07 Å². The topological polar surface area (TPSA) is 72.9 Å². The lowest BCUT2D eigenvalue weighted by atomic mass is 10.2. The molecule has 2 rings (SSSR count). The average molecular weight is 386 g/mol. The number of imide groups is 1. The number of methoxy groups -OCH3 is 2. The van der Waals surface area contributed by atoms with Crippen LogP contribution in [0.15, 0.2) is 27.6 Å². The van der Waals surface area contributed by atoms with Crippen molar-refractivity contribution in [1.29, 1.82) is 0 Å². The minimum Gasteiger partial charge on any atom is -0.496 e. The first-order valence-corrected chi connectivity index (χ1v) is 7.73. The van der Waals surface area contributed by atoms with Crippen LogP contribution in [0.3, 0.4) is 0 Å². The van der Waals surface area contributed by atoms with Crippen LogP contribution in [0.2, 0.25) is 0 Å². The summed E-state index contributed by atoms with van der Waals surface area (Å²) in [5, 5.41) is -0.491. The standard InChI is InChI=1S/C14H12BrNO5S/c1-20-10-4-3-8(5-9(10)15)6-11-13(18)16(14(19)22-11)7-12(17)21-2/h3-6H,7H2,1-2H3/b11-6-. The number of carbonyl (C=O) groups excluding carboxylic acids is 3. The second-order valence-corrected chi connectivity index (χ2v) is 6.09. The maximum Gasteiger partial charge on any atom is 0.325 e. The molecule has 8 heteroatoms. The molecular formula is C14H12BrNO5S. The molecule has 0 aliphatic carbocycles. The van der Waals surface area contributed by atoms with Crippen molar-refractivity contribution < 1.29 is 23.9 Å². The molecule has 1 fully saturated rings. The number of nitrogens with zero attached hydrogens (tertiary/aromatic N) is 1. The van der Waals surface area contributed by atoms with Gasteiger partial charge in [-0.2, -0.15) is 0 Å². The van der Waals surface area contributed by atoms with Gasteiger partial charge in [0.1, 0.15) is 12.3 Å². The maximum absolute atomic E-state index is 12.2. The number of hydrogen-bond donors (Lipinski definition) is 0. The minimum absolute atomic E-state index is 0.256. The van der Waals surface area contributed by atoms with Gasteiger partial charge in [-0.3, -0.25) is 19.3 Å². The zero-order valence-electron chi connectivity index (χ0n) is 11.8. The van der Waals surface area contributed by atoms with Crippen LogP contribution in [-0.2, 0) is 14.3 Å². The molecule has 1 aliphatic rings. The lowest BCUT2D eigenvalue weighted by Crippen LogP contribution is -2.34. The van der Waals surface area contributed by atoms with Gasteiger partial charge in [0.2, 0.25) is 0 Å². The summed E-state index contributed by atoms with van der Waals surface area (Å²) < 4.78 is 10.3. The number of esters is 1.